The highest BCUT2D eigenvalue weighted by atomic mass is 16.4. The molecule has 0 aliphatic carbocycles. The molecule has 19 heavy (non-hydrogen) atoms. The zero-order valence-electron chi connectivity index (χ0n) is 11.0. The van der Waals surface area contributed by atoms with Crippen molar-refractivity contribution in [1.82, 2.24) is 4.57 Å². The van der Waals surface area contributed by atoms with Gasteiger partial charge < -0.3 is 9.67 Å². The fraction of sp³-hybridized carbons (Fsp3) is 0.333. The van der Waals surface area contributed by atoms with Crippen LogP contribution in [0.2, 0.25) is 0 Å². The third-order valence-electron chi connectivity index (χ3n) is 3.17. The molecule has 1 unspecified atom stereocenters. The Hall–Kier alpha value is -2.28. The maximum Gasteiger partial charge on any atom is 0.326 e. The largest absolute Gasteiger partial charge is 0.480 e. The first-order chi connectivity index (χ1) is 9.02. The summed E-state index contributed by atoms with van der Waals surface area (Å²) in [6.07, 6.45) is 2.35. The molecule has 0 bridgehead atoms. The highest BCUT2D eigenvalue weighted by Gasteiger charge is 2.22. The van der Waals surface area contributed by atoms with E-state index in [1.54, 1.807) is 22.9 Å². The van der Waals surface area contributed by atoms with E-state index < -0.39 is 12.0 Å². The summed E-state index contributed by atoms with van der Waals surface area (Å²) in [5.41, 5.74) is 1.34. The minimum absolute atomic E-state index is 0.290. The first kappa shape index (κ1) is 13.2. The normalized spacial score (nSPS) is 12.5. The second-order valence-electron chi connectivity index (χ2n) is 5.09. The molecule has 0 saturated heterocycles. The topological polar surface area (TPSA) is 66.0 Å². The van der Waals surface area contributed by atoms with Gasteiger partial charge in [-0.3, -0.25) is 0 Å². The molecule has 0 aliphatic rings. The molecular formula is C15H16N2O2. The van der Waals surface area contributed by atoms with Gasteiger partial charge in [-0.15, -0.1) is 0 Å². The van der Waals surface area contributed by atoms with Crippen LogP contribution in [0.15, 0.2) is 30.5 Å². The van der Waals surface area contributed by atoms with Gasteiger partial charge in [-0.1, -0.05) is 19.9 Å². The van der Waals surface area contributed by atoms with E-state index in [1.165, 1.54) is 0 Å². The molecule has 2 rings (SSSR count). The summed E-state index contributed by atoms with van der Waals surface area (Å²) in [5.74, 6) is -0.550. The Morgan fingerprint density at radius 3 is 2.74 bits per heavy atom. The molecule has 0 fully saturated rings. The van der Waals surface area contributed by atoms with Gasteiger partial charge in [-0.25, -0.2) is 4.79 Å². The monoisotopic (exact) mass is 256 g/mol. The molecule has 1 heterocycles. The van der Waals surface area contributed by atoms with Crippen molar-refractivity contribution in [3.63, 3.8) is 0 Å². The van der Waals surface area contributed by atoms with Crippen molar-refractivity contribution in [2.24, 2.45) is 5.92 Å². The highest BCUT2D eigenvalue weighted by molar-refractivity contribution is 5.84. The van der Waals surface area contributed by atoms with Crippen molar-refractivity contribution in [3.05, 3.63) is 36.0 Å². The third-order valence-corrected chi connectivity index (χ3v) is 3.17. The maximum atomic E-state index is 11.4. The van der Waals surface area contributed by atoms with Crippen LogP contribution in [-0.2, 0) is 4.79 Å². The number of benzene rings is 1. The standard InChI is InChI=1S/C15H16N2O2/c1-10(2)7-14(15(18)19)17-6-5-12-4-3-11(9-16)8-13(12)17/h3-6,8,10,14H,7H2,1-2H3,(H,18,19). The zero-order valence-corrected chi connectivity index (χ0v) is 11.0. The molecule has 1 atom stereocenters. The highest BCUT2D eigenvalue weighted by Crippen LogP contribution is 2.25. The Balaban J connectivity index is 2.53. The van der Waals surface area contributed by atoms with E-state index in [2.05, 4.69) is 6.07 Å². The van der Waals surface area contributed by atoms with Crippen LogP contribution in [-0.4, -0.2) is 15.6 Å². The van der Waals surface area contributed by atoms with Crippen molar-refractivity contribution in [2.75, 3.05) is 0 Å². The maximum absolute atomic E-state index is 11.4. The van der Waals surface area contributed by atoms with Gasteiger partial charge in [-0.05, 0) is 35.9 Å². The van der Waals surface area contributed by atoms with Gasteiger partial charge in [0, 0.05) is 6.20 Å². The van der Waals surface area contributed by atoms with E-state index in [-0.39, 0.29) is 5.92 Å². The molecule has 1 N–H and O–H groups in total. The number of rotatable bonds is 4. The number of fused-ring (bicyclic) bond motifs is 1. The average Bonchev–Trinajstić information content (AvgIpc) is 2.77. The fourth-order valence-electron chi connectivity index (χ4n) is 2.27. The number of carboxylic acid groups (broad SMARTS) is 1. The van der Waals surface area contributed by atoms with Crippen LogP contribution in [0.3, 0.4) is 0 Å². The number of aromatic nitrogens is 1. The van der Waals surface area contributed by atoms with Gasteiger partial charge in [0.25, 0.3) is 0 Å². The third kappa shape index (κ3) is 2.60. The molecule has 1 aromatic carbocycles. The second-order valence-corrected chi connectivity index (χ2v) is 5.09. The molecule has 0 spiro atoms. The van der Waals surface area contributed by atoms with Gasteiger partial charge in [0.05, 0.1) is 17.1 Å². The van der Waals surface area contributed by atoms with Crippen LogP contribution in [0.4, 0.5) is 0 Å². The van der Waals surface area contributed by atoms with E-state index in [0.29, 0.717) is 12.0 Å². The van der Waals surface area contributed by atoms with Crippen LogP contribution in [0.1, 0.15) is 31.9 Å². The molecule has 1 aromatic heterocycles. The quantitative estimate of drug-likeness (QED) is 0.913. The Kier molecular flexibility index (Phi) is 3.57. The first-order valence-corrected chi connectivity index (χ1v) is 6.26. The number of nitriles is 1. The summed E-state index contributed by atoms with van der Waals surface area (Å²) < 4.78 is 1.75. The van der Waals surface area contributed by atoms with E-state index in [0.717, 1.165) is 10.9 Å². The lowest BCUT2D eigenvalue weighted by Gasteiger charge is -2.17. The Morgan fingerprint density at radius 2 is 2.16 bits per heavy atom. The zero-order chi connectivity index (χ0) is 14.0. The summed E-state index contributed by atoms with van der Waals surface area (Å²) in [6, 6.07) is 8.70. The molecule has 0 radical (unpaired) electrons. The Morgan fingerprint density at radius 1 is 1.42 bits per heavy atom. The van der Waals surface area contributed by atoms with Crippen molar-refractivity contribution < 1.29 is 9.90 Å². The molecule has 98 valence electrons. The van der Waals surface area contributed by atoms with Crippen LogP contribution in [0.5, 0.6) is 0 Å². The van der Waals surface area contributed by atoms with Crippen LogP contribution >= 0.6 is 0 Å². The number of hydrogen-bond acceptors (Lipinski definition) is 2. The van der Waals surface area contributed by atoms with Crippen molar-refractivity contribution >= 4 is 16.9 Å². The molecular weight excluding hydrogens is 240 g/mol. The molecule has 0 aliphatic heterocycles. The first-order valence-electron chi connectivity index (χ1n) is 6.26. The van der Waals surface area contributed by atoms with E-state index in [4.69, 9.17) is 5.26 Å². The molecule has 4 heteroatoms. The molecule has 0 amide bonds. The minimum atomic E-state index is -0.839. The van der Waals surface area contributed by atoms with Gasteiger partial charge >= 0.3 is 5.97 Å². The lowest BCUT2D eigenvalue weighted by atomic mass is 10.0. The van der Waals surface area contributed by atoms with E-state index in [1.807, 2.05) is 26.0 Å². The number of hydrogen-bond donors (Lipinski definition) is 1. The Labute approximate surface area is 111 Å². The van der Waals surface area contributed by atoms with Gasteiger partial charge in [0.2, 0.25) is 0 Å². The van der Waals surface area contributed by atoms with Gasteiger partial charge in [0.1, 0.15) is 6.04 Å². The van der Waals surface area contributed by atoms with E-state index in [9.17, 15) is 9.90 Å². The van der Waals surface area contributed by atoms with Crippen LogP contribution < -0.4 is 0 Å². The number of aliphatic carboxylic acids is 1. The molecule has 4 nitrogen and oxygen atoms in total. The number of carboxylic acids is 1. The predicted octanol–water partition coefficient (Wildman–Crippen LogP) is 3.18. The van der Waals surface area contributed by atoms with Crippen LogP contribution in [0, 0.1) is 17.2 Å². The predicted molar refractivity (Wildman–Crippen MR) is 72.8 cm³/mol. The van der Waals surface area contributed by atoms with Crippen LogP contribution in [0.25, 0.3) is 10.9 Å². The number of carbonyl (C=O) groups is 1. The minimum Gasteiger partial charge on any atom is -0.480 e. The van der Waals surface area contributed by atoms with Gasteiger partial charge in [-0.2, -0.15) is 5.26 Å². The van der Waals surface area contributed by atoms with Crippen molar-refractivity contribution in [2.45, 2.75) is 26.3 Å². The molecule has 0 saturated carbocycles. The molecule has 2 aromatic rings. The fourth-order valence-corrected chi connectivity index (χ4v) is 2.27. The number of nitrogens with zero attached hydrogens (tertiary/aromatic N) is 2. The van der Waals surface area contributed by atoms with E-state index >= 15 is 0 Å². The Bertz CT molecular complexity index is 650. The smallest absolute Gasteiger partial charge is 0.326 e. The lowest BCUT2D eigenvalue weighted by molar-refractivity contribution is -0.141. The summed E-state index contributed by atoms with van der Waals surface area (Å²) >= 11 is 0. The summed E-state index contributed by atoms with van der Waals surface area (Å²) in [7, 11) is 0. The second kappa shape index (κ2) is 5.15. The summed E-state index contributed by atoms with van der Waals surface area (Å²) in [6.45, 7) is 4.00. The average molecular weight is 256 g/mol. The summed E-state index contributed by atoms with van der Waals surface area (Å²) in [4.78, 5) is 11.4. The van der Waals surface area contributed by atoms with Crippen molar-refractivity contribution in [3.8, 4) is 6.07 Å². The van der Waals surface area contributed by atoms with Crippen molar-refractivity contribution in [1.29, 1.82) is 5.26 Å². The summed E-state index contributed by atoms with van der Waals surface area (Å²) in [5, 5.41) is 19.3. The lowest BCUT2D eigenvalue weighted by Crippen LogP contribution is -2.20. The SMILES string of the molecule is CC(C)CC(C(=O)O)n1ccc2ccc(C#N)cc21. The van der Waals surface area contributed by atoms with Gasteiger partial charge in [0.15, 0.2) is 0 Å².